The Morgan fingerprint density at radius 1 is 1.05 bits per heavy atom. The molecule has 2 aromatic carbocycles. The van der Waals surface area contributed by atoms with Crippen molar-refractivity contribution in [2.24, 2.45) is 7.05 Å². The number of hydrogen-bond donors (Lipinski definition) is 1. The number of nitrogens with zero attached hydrogens (tertiary/aromatic N) is 5. The van der Waals surface area contributed by atoms with Gasteiger partial charge in [0, 0.05) is 48.5 Å². The molecule has 186 valence electrons. The average Bonchev–Trinajstić information content (AvgIpc) is 3.26. The van der Waals surface area contributed by atoms with E-state index in [1.54, 1.807) is 54.6 Å². The number of halogens is 3. The summed E-state index contributed by atoms with van der Waals surface area (Å²) in [6.07, 6.45) is 0.448. The van der Waals surface area contributed by atoms with Gasteiger partial charge in [0.1, 0.15) is 11.1 Å². The highest BCUT2D eigenvalue weighted by Crippen LogP contribution is 2.33. The molecular formula is C26H19F3N6O2. The fourth-order valence-electron chi connectivity index (χ4n) is 3.63. The molecule has 37 heavy (non-hydrogen) atoms. The quantitative estimate of drug-likeness (QED) is 0.325. The number of fused-ring (bicyclic) bond motifs is 1. The van der Waals surface area contributed by atoms with Crippen molar-refractivity contribution in [3.63, 3.8) is 0 Å². The molecule has 0 unspecified atom stereocenters. The molecule has 1 N–H and O–H groups in total. The Bertz CT molecular complexity index is 1620. The van der Waals surface area contributed by atoms with Crippen LogP contribution in [0, 0.1) is 6.92 Å². The van der Waals surface area contributed by atoms with Crippen molar-refractivity contribution in [3.05, 3.63) is 89.9 Å². The summed E-state index contributed by atoms with van der Waals surface area (Å²) in [6, 6.07) is 12.7. The smallest absolute Gasteiger partial charge is 0.416 e. The molecule has 0 spiro atoms. The van der Waals surface area contributed by atoms with Crippen molar-refractivity contribution in [2.75, 3.05) is 5.32 Å². The molecular weight excluding hydrogens is 485 g/mol. The van der Waals surface area contributed by atoms with E-state index in [9.17, 15) is 18.0 Å². The largest absolute Gasteiger partial charge is 0.438 e. The van der Waals surface area contributed by atoms with E-state index < -0.39 is 17.6 Å². The number of hydrogen-bond acceptors (Lipinski definition) is 6. The van der Waals surface area contributed by atoms with E-state index >= 15 is 0 Å². The summed E-state index contributed by atoms with van der Waals surface area (Å²) < 4.78 is 46.9. The van der Waals surface area contributed by atoms with Crippen molar-refractivity contribution in [1.29, 1.82) is 0 Å². The molecule has 3 heterocycles. The van der Waals surface area contributed by atoms with E-state index in [1.807, 2.05) is 13.0 Å². The van der Waals surface area contributed by atoms with Crippen molar-refractivity contribution < 1.29 is 22.7 Å². The minimum Gasteiger partial charge on any atom is -0.438 e. The maximum absolute atomic E-state index is 13.0. The molecule has 3 aromatic heterocycles. The Morgan fingerprint density at radius 2 is 1.89 bits per heavy atom. The molecule has 0 atom stereocenters. The normalized spacial score (nSPS) is 11.5. The lowest BCUT2D eigenvalue weighted by Gasteiger charge is -2.13. The van der Waals surface area contributed by atoms with Crippen LogP contribution in [-0.2, 0) is 13.2 Å². The third-order valence-corrected chi connectivity index (χ3v) is 5.48. The summed E-state index contributed by atoms with van der Waals surface area (Å²) in [5, 5.41) is 7.57. The summed E-state index contributed by atoms with van der Waals surface area (Å²) >= 11 is 0. The molecule has 1 amide bonds. The van der Waals surface area contributed by atoms with Crippen LogP contribution in [-0.4, -0.2) is 30.6 Å². The molecule has 0 radical (unpaired) electrons. The van der Waals surface area contributed by atoms with Gasteiger partial charge in [-0.05, 0) is 48.9 Å². The number of ether oxygens (including phenoxy) is 1. The van der Waals surface area contributed by atoms with Gasteiger partial charge in [-0.3, -0.25) is 14.5 Å². The van der Waals surface area contributed by atoms with Gasteiger partial charge in [-0.15, -0.1) is 0 Å². The van der Waals surface area contributed by atoms with Crippen LogP contribution in [0.1, 0.15) is 21.5 Å². The minimum absolute atomic E-state index is 0.119. The third kappa shape index (κ3) is 5.10. The summed E-state index contributed by atoms with van der Waals surface area (Å²) in [4.78, 5) is 25.9. The van der Waals surface area contributed by atoms with Crippen LogP contribution in [0.3, 0.4) is 0 Å². The lowest BCUT2D eigenvalue weighted by atomic mass is 10.1. The number of nitrogens with one attached hydrogen (secondary N) is 1. The highest BCUT2D eigenvalue weighted by atomic mass is 19.4. The van der Waals surface area contributed by atoms with Gasteiger partial charge in [0.2, 0.25) is 5.88 Å². The first-order valence-electron chi connectivity index (χ1n) is 11.1. The zero-order chi connectivity index (χ0) is 26.2. The first-order valence-corrected chi connectivity index (χ1v) is 11.1. The molecule has 0 fully saturated rings. The predicted octanol–water partition coefficient (Wildman–Crippen LogP) is 5.80. The summed E-state index contributed by atoms with van der Waals surface area (Å²) in [6.45, 7) is 1.82. The first-order chi connectivity index (χ1) is 17.7. The van der Waals surface area contributed by atoms with Crippen molar-refractivity contribution in [3.8, 4) is 23.0 Å². The first kappa shape index (κ1) is 23.9. The van der Waals surface area contributed by atoms with Gasteiger partial charge < -0.3 is 10.1 Å². The number of carbonyl (C=O) groups excluding carboxylic acids is 1. The lowest BCUT2D eigenvalue weighted by Crippen LogP contribution is -2.14. The summed E-state index contributed by atoms with van der Waals surface area (Å²) in [7, 11) is 1.75. The molecule has 5 aromatic rings. The van der Waals surface area contributed by atoms with Gasteiger partial charge in [-0.1, -0.05) is 12.1 Å². The fraction of sp³-hybridized carbons (Fsp3) is 0.115. The second-order valence-corrected chi connectivity index (χ2v) is 8.25. The van der Waals surface area contributed by atoms with Crippen LogP contribution in [0.15, 0.2) is 73.2 Å². The van der Waals surface area contributed by atoms with Gasteiger partial charge in [0.25, 0.3) is 5.91 Å². The Kier molecular flexibility index (Phi) is 6.04. The van der Waals surface area contributed by atoms with Gasteiger partial charge in [0.05, 0.1) is 5.56 Å². The minimum atomic E-state index is -4.55. The molecule has 0 bridgehead atoms. The molecule has 5 rings (SSSR count). The predicted molar refractivity (Wildman–Crippen MR) is 130 cm³/mol. The summed E-state index contributed by atoms with van der Waals surface area (Å²) in [5.41, 5.74) is 1.17. The maximum atomic E-state index is 13.0. The van der Waals surface area contributed by atoms with Crippen LogP contribution in [0.2, 0.25) is 0 Å². The van der Waals surface area contributed by atoms with Crippen LogP contribution < -0.4 is 10.1 Å². The van der Waals surface area contributed by atoms with E-state index in [0.717, 1.165) is 17.7 Å². The number of aromatic nitrogens is 5. The number of alkyl halides is 3. The second-order valence-electron chi connectivity index (χ2n) is 8.25. The van der Waals surface area contributed by atoms with Gasteiger partial charge in [-0.25, -0.2) is 4.98 Å². The van der Waals surface area contributed by atoms with Crippen LogP contribution in [0.5, 0.6) is 11.6 Å². The highest BCUT2D eigenvalue weighted by molar-refractivity contribution is 6.04. The molecule has 8 nitrogen and oxygen atoms in total. The topological polar surface area (TPSA) is 94.8 Å². The van der Waals surface area contributed by atoms with E-state index in [4.69, 9.17) is 4.74 Å². The van der Waals surface area contributed by atoms with Crippen LogP contribution >= 0.6 is 0 Å². The van der Waals surface area contributed by atoms with E-state index in [-0.39, 0.29) is 11.4 Å². The number of carbonyl (C=O) groups is 1. The third-order valence-electron chi connectivity index (χ3n) is 5.48. The number of anilines is 1. The van der Waals surface area contributed by atoms with Crippen molar-refractivity contribution in [1.82, 2.24) is 24.7 Å². The number of benzene rings is 2. The molecule has 0 saturated carbocycles. The Labute approximate surface area is 208 Å². The standard InChI is InChI=1S/C26H19F3N6O2/c1-15-8-9-19(31-24(36)16-5-3-7-18(11-16)26(27,28)29)12-21(15)37-25-20-14-35(2)34-23(20)32-22(33-25)17-6-4-10-30-13-17/h3-14H,1-2H3,(H,31,36). The maximum Gasteiger partial charge on any atom is 0.416 e. The van der Waals surface area contributed by atoms with E-state index in [0.29, 0.717) is 33.9 Å². The lowest BCUT2D eigenvalue weighted by molar-refractivity contribution is -0.137. The monoisotopic (exact) mass is 504 g/mol. The highest BCUT2D eigenvalue weighted by Gasteiger charge is 2.31. The summed E-state index contributed by atoms with van der Waals surface area (Å²) in [5.74, 6) is 0.335. The van der Waals surface area contributed by atoms with E-state index in [1.165, 1.54) is 12.1 Å². The zero-order valence-electron chi connectivity index (χ0n) is 19.6. The molecule has 0 saturated heterocycles. The van der Waals surface area contributed by atoms with E-state index in [2.05, 4.69) is 25.4 Å². The Morgan fingerprint density at radius 3 is 2.65 bits per heavy atom. The van der Waals surface area contributed by atoms with Gasteiger partial charge in [-0.2, -0.15) is 23.3 Å². The average molecular weight is 504 g/mol. The Balaban J connectivity index is 1.46. The molecule has 0 aliphatic carbocycles. The zero-order valence-corrected chi connectivity index (χ0v) is 19.6. The number of rotatable bonds is 5. The molecule has 11 heteroatoms. The van der Waals surface area contributed by atoms with Crippen LogP contribution in [0.4, 0.5) is 18.9 Å². The van der Waals surface area contributed by atoms with Gasteiger partial charge >= 0.3 is 6.18 Å². The van der Waals surface area contributed by atoms with Gasteiger partial charge in [0.15, 0.2) is 11.5 Å². The Hall–Kier alpha value is -4.80. The SMILES string of the molecule is Cc1ccc(NC(=O)c2cccc(C(F)(F)F)c2)cc1Oc1nc(-c2cccnc2)nc2nn(C)cc12. The van der Waals surface area contributed by atoms with Crippen molar-refractivity contribution >= 4 is 22.6 Å². The second kappa shape index (κ2) is 9.34. The van der Waals surface area contributed by atoms with Crippen LogP contribution in [0.25, 0.3) is 22.4 Å². The number of aryl methyl sites for hydroxylation is 2. The molecule has 0 aliphatic heterocycles. The van der Waals surface area contributed by atoms with Crippen molar-refractivity contribution in [2.45, 2.75) is 13.1 Å². The number of amides is 1. The fourth-order valence-corrected chi connectivity index (χ4v) is 3.63. The number of pyridine rings is 1. The molecule has 0 aliphatic rings.